The van der Waals surface area contributed by atoms with Crippen molar-refractivity contribution >= 4 is 0 Å². The Hall–Kier alpha value is -1.72. The van der Waals surface area contributed by atoms with Gasteiger partial charge >= 0.3 is 0 Å². The van der Waals surface area contributed by atoms with Gasteiger partial charge in [-0.1, -0.05) is 17.3 Å². The van der Waals surface area contributed by atoms with Crippen LogP contribution in [0.1, 0.15) is 41.5 Å². The first-order valence-electron chi connectivity index (χ1n) is 6.95. The van der Waals surface area contributed by atoms with Crippen LogP contribution in [0.2, 0.25) is 0 Å². The molecule has 2 aromatic rings. The fraction of sp³-hybridized carbons (Fsp3) is 0.467. The highest BCUT2D eigenvalue weighted by atomic mass is 16.5. The number of aliphatic hydroxyl groups is 1. The molecule has 1 saturated heterocycles. The number of hydrogen-bond acceptors (Lipinski definition) is 4. The summed E-state index contributed by atoms with van der Waals surface area (Å²) in [5.74, 6) is 0. The number of hydrogen-bond donors (Lipinski definition) is 1. The zero-order valence-electron chi connectivity index (χ0n) is 11.8. The van der Waals surface area contributed by atoms with E-state index in [1.54, 1.807) is 0 Å². The van der Waals surface area contributed by atoms with Gasteiger partial charge in [-0.25, -0.2) is 4.68 Å². The quantitative estimate of drug-likeness (QED) is 0.931. The van der Waals surface area contributed by atoms with E-state index in [1.807, 2.05) is 11.6 Å². The molecular weight excluding hydrogens is 254 g/mol. The Kier molecular flexibility index (Phi) is 3.54. The van der Waals surface area contributed by atoms with Crippen LogP contribution in [0, 0.1) is 13.8 Å². The third kappa shape index (κ3) is 2.23. The van der Waals surface area contributed by atoms with E-state index in [0.717, 1.165) is 36.4 Å². The first-order valence-corrected chi connectivity index (χ1v) is 6.95. The Balaban J connectivity index is 2.13. The number of rotatable bonds is 3. The van der Waals surface area contributed by atoms with Crippen molar-refractivity contribution in [3.05, 3.63) is 40.7 Å². The fourth-order valence-electron chi connectivity index (χ4n) is 2.67. The lowest BCUT2D eigenvalue weighted by Crippen LogP contribution is -2.10. The van der Waals surface area contributed by atoms with Gasteiger partial charge in [-0.2, -0.15) is 0 Å². The van der Waals surface area contributed by atoms with E-state index in [2.05, 4.69) is 35.4 Å². The normalized spacial score (nSPS) is 18.6. The summed E-state index contributed by atoms with van der Waals surface area (Å²) in [5, 5.41) is 17.8. The van der Waals surface area contributed by atoms with Gasteiger partial charge in [-0.05, 0) is 43.9 Å². The molecule has 1 aliphatic heterocycles. The molecule has 5 nitrogen and oxygen atoms in total. The lowest BCUT2D eigenvalue weighted by Gasteiger charge is -2.15. The Morgan fingerprint density at radius 1 is 1.40 bits per heavy atom. The van der Waals surface area contributed by atoms with Crippen molar-refractivity contribution in [3.8, 4) is 5.69 Å². The molecule has 106 valence electrons. The maximum Gasteiger partial charge on any atom is 0.114 e. The van der Waals surface area contributed by atoms with Crippen LogP contribution in [-0.4, -0.2) is 26.7 Å². The summed E-state index contributed by atoms with van der Waals surface area (Å²) in [6.07, 6.45) is 1.96. The lowest BCUT2D eigenvalue weighted by molar-refractivity contribution is 0.104. The average Bonchev–Trinajstić information content (AvgIpc) is 3.08. The largest absolute Gasteiger partial charge is 0.390 e. The van der Waals surface area contributed by atoms with Crippen LogP contribution in [-0.2, 0) is 11.3 Å². The van der Waals surface area contributed by atoms with Gasteiger partial charge < -0.3 is 9.84 Å². The number of nitrogens with zero attached hydrogens (tertiary/aromatic N) is 3. The molecule has 0 spiro atoms. The van der Waals surface area contributed by atoms with Crippen molar-refractivity contribution < 1.29 is 9.84 Å². The van der Waals surface area contributed by atoms with Crippen LogP contribution in [0.15, 0.2) is 18.2 Å². The molecule has 1 N–H and O–H groups in total. The Labute approximate surface area is 118 Å². The van der Waals surface area contributed by atoms with E-state index < -0.39 is 0 Å². The van der Waals surface area contributed by atoms with E-state index in [4.69, 9.17) is 4.74 Å². The Bertz CT molecular complexity index is 616. The van der Waals surface area contributed by atoms with Crippen LogP contribution in [0.25, 0.3) is 5.69 Å². The molecule has 1 atom stereocenters. The smallest absolute Gasteiger partial charge is 0.114 e. The van der Waals surface area contributed by atoms with Gasteiger partial charge in [0.2, 0.25) is 0 Å². The third-order valence-corrected chi connectivity index (χ3v) is 3.76. The molecule has 0 aliphatic carbocycles. The lowest BCUT2D eigenvalue weighted by atomic mass is 10.1. The SMILES string of the molecule is Cc1ccc(C)c(-n2nnc(CO)c2C2CCCO2)c1. The van der Waals surface area contributed by atoms with Crippen LogP contribution in [0.3, 0.4) is 0 Å². The number of aromatic nitrogens is 3. The highest BCUT2D eigenvalue weighted by molar-refractivity contribution is 5.44. The Morgan fingerprint density at radius 2 is 2.25 bits per heavy atom. The summed E-state index contributed by atoms with van der Waals surface area (Å²) in [7, 11) is 0. The van der Waals surface area contributed by atoms with E-state index >= 15 is 0 Å². The molecule has 0 radical (unpaired) electrons. The summed E-state index contributed by atoms with van der Waals surface area (Å²) in [4.78, 5) is 0. The first kappa shape index (κ1) is 13.3. The van der Waals surface area contributed by atoms with Gasteiger partial charge in [-0.3, -0.25) is 0 Å². The second-order valence-corrected chi connectivity index (χ2v) is 5.28. The van der Waals surface area contributed by atoms with Crippen LogP contribution >= 0.6 is 0 Å². The van der Waals surface area contributed by atoms with E-state index in [-0.39, 0.29) is 12.7 Å². The van der Waals surface area contributed by atoms with Gasteiger partial charge in [0, 0.05) is 6.61 Å². The van der Waals surface area contributed by atoms with Crippen LogP contribution < -0.4 is 0 Å². The molecule has 2 heterocycles. The van der Waals surface area contributed by atoms with E-state index in [1.165, 1.54) is 5.56 Å². The zero-order chi connectivity index (χ0) is 14.1. The van der Waals surface area contributed by atoms with Crippen molar-refractivity contribution in [1.82, 2.24) is 15.0 Å². The molecule has 3 rings (SSSR count). The van der Waals surface area contributed by atoms with Gasteiger partial charge in [0.25, 0.3) is 0 Å². The van der Waals surface area contributed by atoms with Crippen molar-refractivity contribution in [3.63, 3.8) is 0 Å². The summed E-state index contributed by atoms with van der Waals surface area (Å²) >= 11 is 0. The maximum atomic E-state index is 9.49. The van der Waals surface area contributed by atoms with Crippen molar-refractivity contribution in [1.29, 1.82) is 0 Å². The van der Waals surface area contributed by atoms with Gasteiger partial charge in [-0.15, -0.1) is 5.10 Å². The summed E-state index contributed by atoms with van der Waals surface area (Å²) < 4.78 is 7.58. The molecular formula is C15H19N3O2. The summed E-state index contributed by atoms with van der Waals surface area (Å²) in [6.45, 7) is 4.75. The second kappa shape index (κ2) is 5.34. The summed E-state index contributed by atoms with van der Waals surface area (Å²) in [5.41, 5.74) is 4.80. The van der Waals surface area contributed by atoms with Crippen molar-refractivity contribution in [2.24, 2.45) is 0 Å². The Morgan fingerprint density at radius 3 is 2.95 bits per heavy atom. The summed E-state index contributed by atoms with van der Waals surface area (Å²) in [6, 6.07) is 6.24. The van der Waals surface area contributed by atoms with Gasteiger partial charge in [0.05, 0.1) is 18.0 Å². The van der Waals surface area contributed by atoms with Gasteiger partial charge in [0.15, 0.2) is 0 Å². The predicted molar refractivity (Wildman–Crippen MR) is 74.7 cm³/mol. The molecule has 1 unspecified atom stereocenters. The zero-order valence-corrected chi connectivity index (χ0v) is 11.8. The number of benzene rings is 1. The molecule has 1 aliphatic rings. The topological polar surface area (TPSA) is 60.2 Å². The molecule has 1 fully saturated rings. The minimum atomic E-state index is -0.111. The van der Waals surface area contributed by atoms with E-state index in [0.29, 0.717) is 5.69 Å². The van der Waals surface area contributed by atoms with Crippen molar-refractivity contribution in [2.75, 3.05) is 6.61 Å². The van der Waals surface area contributed by atoms with Crippen LogP contribution in [0.4, 0.5) is 0 Å². The highest BCUT2D eigenvalue weighted by Gasteiger charge is 2.27. The standard InChI is InChI=1S/C15H19N3O2/c1-10-5-6-11(2)13(8-10)18-15(12(9-19)16-17-18)14-4-3-7-20-14/h5-6,8,14,19H,3-4,7,9H2,1-2H3. The van der Waals surface area contributed by atoms with Crippen LogP contribution in [0.5, 0.6) is 0 Å². The number of aryl methyl sites for hydroxylation is 2. The predicted octanol–water partition coefficient (Wildman–Crippen LogP) is 2.23. The monoisotopic (exact) mass is 273 g/mol. The minimum absolute atomic E-state index is 0.0212. The minimum Gasteiger partial charge on any atom is -0.390 e. The maximum absolute atomic E-state index is 9.49. The molecule has 1 aromatic carbocycles. The number of aliphatic hydroxyl groups excluding tert-OH is 1. The van der Waals surface area contributed by atoms with E-state index in [9.17, 15) is 5.11 Å². The number of ether oxygens (including phenoxy) is 1. The van der Waals surface area contributed by atoms with Crippen molar-refractivity contribution in [2.45, 2.75) is 39.4 Å². The first-order chi connectivity index (χ1) is 9.70. The van der Waals surface area contributed by atoms with Gasteiger partial charge in [0.1, 0.15) is 11.8 Å². The highest BCUT2D eigenvalue weighted by Crippen LogP contribution is 2.32. The molecule has 1 aromatic heterocycles. The average molecular weight is 273 g/mol. The second-order valence-electron chi connectivity index (χ2n) is 5.28. The molecule has 0 bridgehead atoms. The molecule has 0 saturated carbocycles. The molecule has 0 amide bonds. The molecule has 20 heavy (non-hydrogen) atoms. The molecule has 5 heteroatoms. The third-order valence-electron chi connectivity index (χ3n) is 3.76. The fourth-order valence-corrected chi connectivity index (χ4v) is 2.67.